The van der Waals surface area contributed by atoms with Gasteiger partial charge in [-0.3, -0.25) is 4.79 Å². The predicted octanol–water partition coefficient (Wildman–Crippen LogP) is 1.75. The van der Waals surface area contributed by atoms with Crippen molar-refractivity contribution in [2.24, 2.45) is 0 Å². The number of carbonyl (C=O) groups excluding carboxylic acids is 1. The van der Waals surface area contributed by atoms with Gasteiger partial charge in [-0.15, -0.1) is 0 Å². The number of ether oxygens (including phenoxy) is 1. The Morgan fingerprint density at radius 3 is 2.24 bits per heavy atom. The summed E-state index contributed by atoms with van der Waals surface area (Å²) in [5.74, 6) is -0.123. The average molecular weight is 418 g/mol. The summed E-state index contributed by atoms with van der Waals surface area (Å²) in [4.78, 5) is 14.5. The normalized spacial score (nSPS) is 15.1. The van der Waals surface area contributed by atoms with E-state index in [-0.39, 0.29) is 10.8 Å². The van der Waals surface area contributed by atoms with Crippen LogP contribution in [0.15, 0.2) is 53.4 Å². The highest BCUT2D eigenvalue weighted by atomic mass is 32.2. The first kappa shape index (κ1) is 21.3. The Morgan fingerprint density at radius 2 is 1.66 bits per heavy atom. The molecule has 156 valence electrons. The fraction of sp³-hybridized carbons (Fsp3) is 0.381. The summed E-state index contributed by atoms with van der Waals surface area (Å²) in [6.45, 7) is 2.09. The molecular weight excluding hydrogens is 390 g/mol. The number of nitrogens with zero attached hydrogens (tertiary/aromatic N) is 2. The van der Waals surface area contributed by atoms with E-state index in [1.165, 1.54) is 4.31 Å². The topological polar surface area (TPSA) is 79.0 Å². The molecule has 0 spiro atoms. The molecule has 1 aliphatic rings. The molecular formula is C21H27N3O4S. The van der Waals surface area contributed by atoms with Gasteiger partial charge in [-0.1, -0.05) is 12.1 Å². The van der Waals surface area contributed by atoms with Crippen molar-refractivity contribution < 1.29 is 17.9 Å². The van der Waals surface area contributed by atoms with Gasteiger partial charge in [0.15, 0.2) is 0 Å². The number of sulfonamides is 1. The molecule has 0 aromatic heterocycles. The van der Waals surface area contributed by atoms with Crippen LogP contribution < -0.4 is 10.2 Å². The molecule has 2 aromatic carbocycles. The highest BCUT2D eigenvalue weighted by Gasteiger charge is 2.26. The number of hydrogen-bond donors (Lipinski definition) is 1. The van der Waals surface area contributed by atoms with Crippen LogP contribution >= 0.6 is 0 Å². The van der Waals surface area contributed by atoms with Crippen LogP contribution in [0.5, 0.6) is 0 Å². The van der Waals surface area contributed by atoms with Crippen molar-refractivity contribution in [1.82, 2.24) is 9.62 Å². The van der Waals surface area contributed by atoms with Gasteiger partial charge in [0.2, 0.25) is 10.0 Å². The number of hydrogen-bond acceptors (Lipinski definition) is 5. The summed E-state index contributed by atoms with van der Waals surface area (Å²) in [6.07, 6.45) is 0.624. The maximum absolute atomic E-state index is 12.6. The number of amides is 1. The van der Waals surface area contributed by atoms with Crippen molar-refractivity contribution in [2.45, 2.75) is 11.3 Å². The Bertz CT molecular complexity index is 919. The molecule has 7 nitrogen and oxygen atoms in total. The van der Waals surface area contributed by atoms with E-state index in [4.69, 9.17) is 4.74 Å². The Balaban J connectivity index is 1.53. The Labute approximate surface area is 172 Å². The van der Waals surface area contributed by atoms with Gasteiger partial charge in [0.25, 0.3) is 5.91 Å². The van der Waals surface area contributed by atoms with Crippen molar-refractivity contribution >= 4 is 21.6 Å². The van der Waals surface area contributed by atoms with Gasteiger partial charge >= 0.3 is 0 Å². The third-order valence-corrected chi connectivity index (χ3v) is 6.79. The number of anilines is 1. The highest BCUT2D eigenvalue weighted by Crippen LogP contribution is 2.18. The highest BCUT2D eigenvalue weighted by molar-refractivity contribution is 7.89. The van der Waals surface area contributed by atoms with E-state index < -0.39 is 10.0 Å². The van der Waals surface area contributed by atoms with Crippen LogP contribution in [0.3, 0.4) is 0 Å². The molecule has 0 saturated carbocycles. The van der Waals surface area contributed by atoms with Crippen LogP contribution in [0.1, 0.15) is 15.9 Å². The fourth-order valence-electron chi connectivity index (χ4n) is 3.10. The summed E-state index contributed by atoms with van der Waals surface area (Å²) in [7, 11) is 0.424. The van der Waals surface area contributed by atoms with Gasteiger partial charge in [-0.2, -0.15) is 4.31 Å². The zero-order valence-corrected chi connectivity index (χ0v) is 17.6. The van der Waals surface area contributed by atoms with Crippen molar-refractivity contribution in [2.75, 3.05) is 51.8 Å². The van der Waals surface area contributed by atoms with Crippen LogP contribution in [0.25, 0.3) is 0 Å². The van der Waals surface area contributed by atoms with E-state index in [9.17, 15) is 13.2 Å². The van der Waals surface area contributed by atoms with Gasteiger partial charge < -0.3 is 15.0 Å². The number of benzene rings is 2. The molecule has 0 bridgehead atoms. The molecule has 1 amide bonds. The zero-order valence-electron chi connectivity index (χ0n) is 16.8. The van der Waals surface area contributed by atoms with E-state index in [2.05, 4.69) is 5.32 Å². The molecule has 1 saturated heterocycles. The van der Waals surface area contributed by atoms with E-state index in [1.807, 2.05) is 31.1 Å². The summed E-state index contributed by atoms with van der Waals surface area (Å²) < 4.78 is 31.9. The van der Waals surface area contributed by atoms with Crippen molar-refractivity contribution in [3.05, 3.63) is 59.7 Å². The lowest BCUT2D eigenvalue weighted by Crippen LogP contribution is -2.40. The van der Waals surface area contributed by atoms with E-state index >= 15 is 0 Å². The van der Waals surface area contributed by atoms with Crippen molar-refractivity contribution in [3.63, 3.8) is 0 Å². The molecule has 0 unspecified atom stereocenters. The summed E-state index contributed by atoms with van der Waals surface area (Å²) in [5.41, 5.74) is 2.62. The van der Waals surface area contributed by atoms with Gasteiger partial charge in [-0.05, 0) is 48.4 Å². The van der Waals surface area contributed by atoms with Crippen LogP contribution in [0.4, 0.5) is 5.69 Å². The first-order chi connectivity index (χ1) is 13.9. The van der Waals surface area contributed by atoms with E-state index in [0.29, 0.717) is 44.8 Å². The Kier molecular flexibility index (Phi) is 6.89. The van der Waals surface area contributed by atoms with Crippen LogP contribution in [0.2, 0.25) is 0 Å². The Morgan fingerprint density at radius 1 is 1.03 bits per heavy atom. The average Bonchev–Trinajstić information content (AvgIpc) is 2.74. The largest absolute Gasteiger partial charge is 0.379 e. The smallest absolute Gasteiger partial charge is 0.251 e. The molecule has 1 aliphatic heterocycles. The van der Waals surface area contributed by atoms with E-state index in [0.717, 1.165) is 11.3 Å². The zero-order chi connectivity index (χ0) is 20.9. The van der Waals surface area contributed by atoms with E-state index in [1.54, 1.807) is 36.4 Å². The number of morpholine rings is 1. The second-order valence-electron chi connectivity index (χ2n) is 7.11. The van der Waals surface area contributed by atoms with Gasteiger partial charge in [0, 0.05) is 45.0 Å². The maximum Gasteiger partial charge on any atom is 0.251 e. The number of carbonyl (C=O) groups is 1. The second kappa shape index (κ2) is 9.39. The standard InChI is InChI=1S/C21H27N3O4S/c1-23(2)19-7-5-18(6-8-19)21(25)22-12-11-17-3-9-20(10-4-17)29(26,27)24-13-15-28-16-14-24/h3-10H,11-16H2,1-2H3,(H,22,25). The molecule has 0 radical (unpaired) electrons. The molecule has 1 fully saturated rings. The molecule has 8 heteroatoms. The van der Waals surface area contributed by atoms with Gasteiger partial charge in [-0.25, -0.2) is 8.42 Å². The minimum absolute atomic E-state index is 0.123. The second-order valence-corrected chi connectivity index (χ2v) is 9.05. The summed E-state index contributed by atoms with van der Waals surface area (Å²) >= 11 is 0. The Hall–Kier alpha value is -2.42. The predicted molar refractivity (Wildman–Crippen MR) is 113 cm³/mol. The monoisotopic (exact) mass is 417 g/mol. The lowest BCUT2D eigenvalue weighted by atomic mass is 10.1. The lowest BCUT2D eigenvalue weighted by Gasteiger charge is -2.26. The number of nitrogens with one attached hydrogen (secondary N) is 1. The maximum atomic E-state index is 12.6. The molecule has 29 heavy (non-hydrogen) atoms. The number of rotatable bonds is 7. The van der Waals surface area contributed by atoms with Crippen LogP contribution in [0, 0.1) is 0 Å². The third-order valence-electron chi connectivity index (χ3n) is 4.88. The molecule has 0 aliphatic carbocycles. The van der Waals surface area contributed by atoms with Crippen molar-refractivity contribution in [3.8, 4) is 0 Å². The molecule has 2 aromatic rings. The third kappa shape index (κ3) is 5.35. The fourth-order valence-corrected chi connectivity index (χ4v) is 4.51. The van der Waals surface area contributed by atoms with Gasteiger partial charge in [0.05, 0.1) is 18.1 Å². The summed E-state index contributed by atoms with van der Waals surface area (Å²) in [5, 5.41) is 2.90. The summed E-state index contributed by atoms with van der Waals surface area (Å²) in [6, 6.07) is 14.3. The SMILES string of the molecule is CN(C)c1ccc(C(=O)NCCc2ccc(S(=O)(=O)N3CCOCC3)cc2)cc1. The molecule has 1 heterocycles. The van der Waals surface area contributed by atoms with Crippen LogP contribution in [-0.2, 0) is 21.2 Å². The molecule has 1 N–H and O–H groups in total. The minimum atomic E-state index is -3.48. The first-order valence-corrected chi connectivity index (χ1v) is 11.0. The molecule has 0 atom stereocenters. The van der Waals surface area contributed by atoms with Crippen molar-refractivity contribution in [1.29, 1.82) is 0 Å². The first-order valence-electron chi connectivity index (χ1n) is 9.60. The minimum Gasteiger partial charge on any atom is -0.379 e. The lowest BCUT2D eigenvalue weighted by molar-refractivity contribution is 0.0730. The molecule has 3 rings (SSSR count). The van der Waals surface area contributed by atoms with Gasteiger partial charge in [0.1, 0.15) is 0 Å². The quantitative estimate of drug-likeness (QED) is 0.743. The van der Waals surface area contributed by atoms with Crippen LogP contribution in [-0.4, -0.2) is 65.6 Å².